The van der Waals surface area contributed by atoms with Crippen LogP contribution in [-0.4, -0.2) is 18.1 Å². The lowest BCUT2D eigenvalue weighted by Crippen LogP contribution is -2.40. The molecular formula is C28H32Cl2N2OS. The van der Waals surface area contributed by atoms with Crippen LogP contribution in [0.15, 0.2) is 70.7 Å². The summed E-state index contributed by atoms with van der Waals surface area (Å²) < 4.78 is 6.31. The van der Waals surface area contributed by atoms with Crippen LogP contribution in [-0.2, 0) is 6.61 Å². The number of benzene rings is 2. The first-order valence-corrected chi connectivity index (χ1v) is 13.6. The van der Waals surface area contributed by atoms with E-state index in [9.17, 15) is 0 Å². The standard InChI is InChI=1S/C28H32Cl2N2OS/c1-3-13-28(4-2)14-16-32(17-15-28)22-18-24(33-20-21-9-6-5-7-10-21)27(31-19-22)34-25-12-8-11-23(29)26(25)30/h5-12,18-19H,3-4,13-17,20H2,1-2H3. The minimum atomic E-state index is 0.484. The van der Waals surface area contributed by atoms with Crippen molar-refractivity contribution in [1.82, 2.24) is 4.98 Å². The molecule has 6 heteroatoms. The van der Waals surface area contributed by atoms with Gasteiger partial charge in [0.15, 0.2) is 5.75 Å². The van der Waals surface area contributed by atoms with Gasteiger partial charge in [0.1, 0.15) is 11.6 Å². The molecule has 0 aliphatic carbocycles. The monoisotopic (exact) mass is 514 g/mol. The minimum Gasteiger partial charge on any atom is -0.486 e. The van der Waals surface area contributed by atoms with Gasteiger partial charge in [0, 0.05) is 24.1 Å². The fourth-order valence-corrected chi connectivity index (χ4v) is 6.08. The number of halogens is 2. The van der Waals surface area contributed by atoms with Crippen LogP contribution in [0.3, 0.4) is 0 Å². The van der Waals surface area contributed by atoms with Gasteiger partial charge in [-0.3, -0.25) is 0 Å². The molecule has 34 heavy (non-hydrogen) atoms. The predicted molar refractivity (Wildman–Crippen MR) is 145 cm³/mol. The summed E-state index contributed by atoms with van der Waals surface area (Å²) in [5.74, 6) is 0.767. The lowest BCUT2D eigenvalue weighted by Gasteiger charge is -2.42. The van der Waals surface area contributed by atoms with Crippen molar-refractivity contribution in [3.8, 4) is 5.75 Å². The van der Waals surface area contributed by atoms with Gasteiger partial charge < -0.3 is 9.64 Å². The van der Waals surface area contributed by atoms with Crippen LogP contribution < -0.4 is 9.64 Å². The summed E-state index contributed by atoms with van der Waals surface area (Å²) in [6, 6.07) is 18.0. The van der Waals surface area contributed by atoms with Crippen molar-refractivity contribution < 1.29 is 4.74 Å². The molecule has 1 aliphatic rings. The number of anilines is 1. The molecule has 1 aliphatic heterocycles. The maximum atomic E-state index is 6.46. The van der Waals surface area contributed by atoms with E-state index in [1.807, 2.05) is 36.5 Å². The second-order valence-corrected chi connectivity index (χ2v) is 10.8. The molecule has 0 unspecified atom stereocenters. The number of hydrogen-bond acceptors (Lipinski definition) is 4. The summed E-state index contributed by atoms with van der Waals surface area (Å²) in [6.07, 6.45) is 8.25. The Morgan fingerprint density at radius 1 is 1.03 bits per heavy atom. The van der Waals surface area contributed by atoms with E-state index in [4.69, 9.17) is 32.9 Å². The maximum absolute atomic E-state index is 6.46. The molecule has 0 bridgehead atoms. The van der Waals surface area contributed by atoms with E-state index in [-0.39, 0.29) is 0 Å². The lowest BCUT2D eigenvalue weighted by atomic mass is 9.73. The zero-order chi connectivity index (χ0) is 24.0. The maximum Gasteiger partial charge on any atom is 0.154 e. The van der Waals surface area contributed by atoms with Crippen LogP contribution in [0.5, 0.6) is 5.75 Å². The average molecular weight is 516 g/mol. The third-order valence-electron chi connectivity index (χ3n) is 6.88. The number of aromatic nitrogens is 1. The van der Waals surface area contributed by atoms with E-state index >= 15 is 0 Å². The van der Waals surface area contributed by atoms with Crippen molar-refractivity contribution >= 4 is 40.7 Å². The van der Waals surface area contributed by atoms with Gasteiger partial charge in [-0.15, -0.1) is 0 Å². The van der Waals surface area contributed by atoms with Gasteiger partial charge in [0.2, 0.25) is 0 Å². The Bertz CT molecular complexity index is 1090. The number of ether oxygens (including phenoxy) is 1. The van der Waals surface area contributed by atoms with Crippen LogP contribution in [0.2, 0.25) is 10.0 Å². The first kappa shape index (κ1) is 25.2. The smallest absolute Gasteiger partial charge is 0.154 e. The van der Waals surface area contributed by atoms with Crippen LogP contribution >= 0.6 is 35.0 Å². The molecule has 0 N–H and O–H groups in total. The zero-order valence-corrected chi connectivity index (χ0v) is 22.2. The molecule has 0 atom stereocenters. The third kappa shape index (κ3) is 6.02. The summed E-state index contributed by atoms with van der Waals surface area (Å²) in [7, 11) is 0. The zero-order valence-electron chi connectivity index (χ0n) is 19.9. The largest absolute Gasteiger partial charge is 0.486 e. The van der Waals surface area contributed by atoms with E-state index in [2.05, 4.69) is 36.9 Å². The van der Waals surface area contributed by atoms with Gasteiger partial charge in [-0.1, -0.05) is 98.1 Å². The average Bonchev–Trinajstić information content (AvgIpc) is 2.87. The van der Waals surface area contributed by atoms with Crippen LogP contribution in [0.25, 0.3) is 0 Å². The van der Waals surface area contributed by atoms with Crippen LogP contribution in [0, 0.1) is 5.41 Å². The molecule has 0 spiro atoms. The molecule has 3 aromatic rings. The quantitative estimate of drug-likeness (QED) is 0.284. The fourth-order valence-electron chi connectivity index (χ4n) is 4.73. The molecule has 4 rings (SSSR count). The van der Waals surface area contributed by atoms with Gasteiger partial charge in [-0.2, -0.15) is 0 Å². The summed E-state index contributed by atoms with van der Waals surface area (Å²) in [5.41, 5.74) is 2.73. The van der Waals surface area contributed by atoms with Crippen molar-refractivity contribution in [3.05, 3.63) is 76.4 Å². The van der Waals surface area contributed by atoms with Gasteiger partial charge in [0.05, 0.1) is 21.9 Å². The Morgan fingerprint density at radius 2 is 1.79 bits per heavy atom. The van der Waals surface area contributed by atoms with E-state index < -0.39 is 0 Å². The predicted octanol–water partition coefficient (Wildman–Crippen LogP) is 8.92. The molecule has 3 nitrogen and oxygen atoms in total. The molecule has 0 saturated carbocycles. The molecule has 2 heterocycles. The van der Waals surface area contributed by atoms with Crippen molar-refractivity contribution in [2.75, 3.05) is 18.0 Å². The highest BCUT2D eigenvalue weighted by Crippen LogP contribution is 2.43. The lowest BCUT2D eigenvalue weighted by molar-refractivity contribution is 0.188. The fraction of sp³-hybridized carbons (Fsp3) is 0.393. The number of hydrogen-bond donors (Lipinski definition) is 0. The minimum absolute atomic E-state index is 0.484. The third-order valence-corrected chi connectivity index (χ3v) is 8.87. The number of piperidine rings is 1. The van der Waals surface area contributed by atoms with Crippen molar-refractivity contribution in [2.45, 2.75) is 62.5 Å². The summed E-state index contributed by atoms with van der Waals surface area (Å²) in [5, 5.41) is 1.86. The SMILES string of the molecule is CCCC1(CC)CCN(c2cnc(Sc3cccc(Cl)c3Cl)c(OCc3ccccc3)c2)CC1. The first-order chi connectivity index (χ1) is 16.5. The topological polar surface area (TPSA) is 25.4 Å². The molecular weight excluding hydrogens is 483 g/mol. The van der Waals surface area contributed by atoms with Gasteiger partial charge in [0.25, 0.3) is 0 Å². The Kier molecular flexibility index (Phi) is 8.68. The van der Waals surface area contributed by atoms with E-state index in [0.717, 1.165) is 40.0 Å². The summed E-state index contributed by atoms with van der Waals surface area (Å²) >= 11 is 14.2. The molecule has 1 aromatic heterocycles. The highest BCUT2D eigenvalue weighted by molar-refractivity contribution is 7.99. The van der Waals surface area contributed by atoms with E-state index in [1.54, 1.807) is 6.07 Å². The Balaban J connectivity index is 1.57. The van der Waals surface area contributed by atoms with Gasteiger partial charge >= 0.3 is 0 Å². The van der Waals surface area contributed by atoms with E-state index in [0.29, 0.717) is 22.1 Å². The molecule has 180 valence electrons. The van der Waals surface area contributed by atoms with Crippen molar-refractivity contribution in [2.24, 2.45) is 5.41 Å². The molecule has 2 aromatic carbocycles. The number of nitrogens with zero attached hydrogens (tertiary/aromatic N) is 2. The second kappa shape index (κ2) is 11.7. The Morgan fingerprint density at radius 3 is 2.50 bits per heavy atom. The summed E-state index contributed by atoms with van der Waals surface area (Å²) in [6.45, 7) is 7.24. The molecule has 1 fully saturated rings. The van der Waals surface area contributed by atoms with Crippen LogP contribution in [0.4, 0.5) is 5.69 Å². The molecule has 0 radical (unpaired) electrons. The van der Waals surface area contributed by atoms with E-state index in [1.165, 1.54) is 43.9 Å². The van der Waals surface area contributed by atoms with Gasteiger partial charge in [-0.05, 0) is 42.4 Å². The highest BCUT2D eigenvalue weighted by atomic mass is 35.5. The molecule has 0 amide bonds. The highest BCUT2D eigenvalue weighted by Gasteiger charge is 2.32. The van der Waals surface area contributed by atoms with Crippen LogP contribution in [0.1, 0.15) is 51.5 Å². The normalized spacial score (nSPS) is 15.4. The van der Waals surface area contributed by atoms with Crippen molar-refractivity contribution in [1.29, 1.82) is 0 Å². The number of pyridine rings is 1. The Labute approximate surface area is 217 Å². The molecule has 1 saturated heterocycles. The summed E-state index contributed by atoms with van der Waals surface area (Å²) in [4.78, 5) is 8.14. The Hall–Kier alpha value is -1.88. The van der Waals surface area contributed by atoms with Crippen molar-refractivity contribution in [3.63, 3.8) is 0 Å². The second-order valence-electron chi connectivity index (χ2n) is 9.02. The van der Waals surface area contributed by atoms with Gasteiger partial charge in [-0.25, -0.2) is 4.98 Å². The first-order valence-electron chi connectivity index (χ1n) is 12.1. The number of rotatable bonds is 9.